The van der Waals surface area contributed by atoms with Crippen molar-refractivity contribution in [3.05, 3.63) is 0 Å². The Labute approximate surface area is 206 Å². The molecule has 3 N–H and O–H groups in total. The average molecular weight is 490 g/mol. The summed E-state index contributed by atoms with van der Waals surface area (Å²) >= 11 is 0. The summed E-state index contributed by atoms with van der Waals surface area (Å²) in [6, 6.07) is -0.247. The average Bonchev–Trinajstić information content (AvgIpc) is 2.76. The van der Waals surface area contributed by atoms with Crippen LogP contribution in [0.5, 0.6) is 0 Å². The van der Waals surface area contributed by atoms with Gasteiger partial charge in [-0.1, -0.05) is 13.3 Å². The molecule has 4 saturated carbocycles. The topological polar surface area (TPSA) is 82.4 Å². The van der Waals surface area contributed by atoms with Gasteiger partial charge in [-0.25, -0.2) is 0 Å². The lowest BCUT2D eigenvalue weighted by Gasteiger charge is -2.56. The standard InChI is InChI=1S/C26H47NO5.ClH/c1-2-3-7-27-16-23(29)24(30)25(22(27)17-28)32-9-6-4-5-8-31-18-26-13-19-10-20(14-26)12-21(11-19)15-26;/h19-25,28-30H,2-18H2,1H3;1H/t19?,20?,21?,22-,23+,24-,25-,26?;/m1./s1. The van der Waals surface area contributed by atoms with Gasteiger partial charge in [0.1, 0.15) is 12.2 Å². The van der Waals surface area contributed by atoms with Crippen molar-refractivity contribution in [2.45, 2.75) is 102 Å². The minimum atomic E-state index is -0.936. The maximum atomic E-state index is 10.4. The number of aliphatic hydroxyl groups is 3. The third-order valence-electron chi connectivity index (χ3n) is 8.80. The second-order valence-electron chi connectivity index (χ2n) is 11.5. The Morgan fingerprint density at radius 3 is 2.15 bits per heavy atom. The van der Waals surface area contributed by atoms with E-state index in [1.54, 1.807) is 0 Å². The molecule has 1 aliphatic heterocycles. The zero-order chi connectivity index (χ0) is 22.6. The third-order valence-corrected chi connectivity index (χ3v) is 8.80. The first-order chi connectivity index (χ1) is 15.5. The maximum Gasteiger partial charge on any atom is 0.109 e. The molecule has 0 radical (unpaired) electrons. The predicted molar refractivity (Wildman–Crippen MR) is 132 cm³/mol. The second kappa shape index (κ2) is 12.8. The predicted octanol–water partition coefficient (Wildman–Crippen LogP) is 3.40. The molecule has 0 aromatic rings. The highest BCUT2D eigenvalue weighted by Crippen LogP contribution is 2.60. The van der Waals surface area contributed by atoms with Crippen molar-refractivity contribution in [3.63, 3.8) is 0 Å². The van der Waals surface area contributed by atoms with Gasteiger partial charge in [0.15, 0.2) is 0 Å². The Bertz CT molecular complexity index is 544. The number of nitrogens with zero attached hydrogens (tertiary/aromatic N) is 1. The number of hydrogen-bond donors (Lipinski definition) is 3. The molecule has 33 heavy (non-hydrogen) atoms. The molecule has 0 amide bonds. The molecule has 194 valence electrons. The van der Waals surface area contributed by atoms with Crippen molar-refractivity contribution in [1.29, 1.82) is 0 Å². The number of ether oxygens (including phenoxy) is 2. The van der Waals surface area contributed by atoms with Crippen LogP contribution in [0.1, 0.15) is 77.6 Å². The minimum Gasteiger partial charge on any atom is -0.395 e. The zero-order valence-corrected chi connectivity index (χ0v) is 21.4. The number of halogens is 1. The highest BCUT2D eigenvalue weighted by atomic mass is 35.5. The van der Waals surface area contributed by atoms with Gasteiger partial charge in [0.05, 0.1) is 25.4 Å². The fourth-order valence-electron chi connectivity index (χ4n) is 7.64. The van der Waals surface area contributed by atoms with E-state index in [4.69, 9.17) is 9.47 Å². The maximum absolute atomic E-state index is 10.4. The molecule has 1 heterocycles. The third kappa shape index (κ3) is 6.84. The molecule has 6 nitrogen and oxygen atoms in total. The summed E-state index contributed by atoms with van der Waals surface area (Å²) in [6.45, 7) is 5.61. The van der Waals surface area contributed by atoms with Crippen molar-refractivity contribution in [2.75, 3.05) is 39.5 Å². The van der Waals surface area contributed by atoms with E-state index in [-0.39, 0.29) is 25.1 Å². The molecule has 0 unspecified atom stereocenters. The summed E-state index contributed by atoms with van der Waals surface area (Å²) in [4.78, 5) is 2.07. The molecule has 4 aliphatic carbocycles. The first kappa shape index (κ1) is 27.6. The summed E-state index contributed by atoms with van der Waals surface area (Å²) in [7, 11) is 0. The number of aliphatic hydroxyl groups excluding tert-OH is 3. The van der Waals surface area contributed by atoms with E-state index in [1.165, 1.54) is 38.5 Å². The van der Waals surface area contributed by atoms with E-state index in [1.807, 2.05) is 0 Å². The summed E-state index contributed by atoms with van der Waals surface area (Å²) in [5, 5.41) is 30.6. The number of piperidine rings is 1. The van der Waals surface area contributed by atoms with Crippen molar-refractivity contribution >= 4 is 12.4 Å². The molecule has 0 aromatic heterocycles. The molecule has 5 rings (SSSR count). The normalized spacial score (nSPS) is 40.2. The first-order valence-corrected chi connectivity index (χ1v) is 13.4. The van der Waals surface area contributed by atoms with Gasteiger partial charge in [-0.3, -0.25) is 4.90 Å². The summed E-state index contributed by atoms with van der Waals surface area (Å²) in [5.41, 5.74) is 0.499. The Morgan fingerprint density at radius 2 is 1.55 bits per heavy atom. The van der Waals surface area contributed by atoms with Crippen molar-refractivity contribution in [3.8, 4) is 0 Å². The van der Waals surface area contributed by atoms with Crippen molar-refractivity contribution in [2.24, 2.45) is 23.2 Å². The SMILES string of the molecule is CCCCN1C[C@H](O)[C@@H](O)[C@H](OCCCCCOCC23CC4CC(CC(C4)C2)C3)[C@H]1CO.Cl. The van der Waals surface area contributed by atoms with Crippen molar-refractivity contribution < 1.29 is 24.8 Å². The number of rotatable bonds is 13. The molecule has 4 bridgehead atoms. The van der Waals surface area contributed by atoms with Crippen LogP contribution in [-0.4, -0.2) is 84.1 Å². The van der Waals surface area contributed by atoms with E-state index >= 15 is 0 Å². The molecule has 5 aliphatic rings. The molecule has 0 aromatic carbocycles. The van der Waals surface area contributed by atoms with Gasteiger partial charge in [-0.15, -0.1) is 12.4 Å². The van der Waals surface area contributed by atoms with E-state index in [9.17, 15) is 15.3 Å². The molecule has 1 saturated heterocycles. The van der Waals surface area contributed by atoms with Crippen LogP contribution in [0.25, 0.3) is 0 Å². The molecule has 7 heteroatoms. The quantitative estimate of drug-likeness (QED) is 0.344. The van der Waals surface area contributed by atoms with Gasteiger partial charge in [-0.2, -0.15) is 0 Å². The number of β-amino-alcohol motifs (C(OH)–C–C–N with tert-alkyl or cyclic N) is 1. The number of likely N-dealkylation sites (tertiary alicyclic amines) is 1. The zero-order valence-electron chi connectivity index (χ0n) is 20.6. The summed E-state index contributed by atoms with van der Waals surface area (Å²) < 4.78 is 12.2. The van der Waals surface area contributed by atoms with Gasteiger partial charge in [-0.05, 0) is 93.9 Å². The summed E-state index contributed by atoms with van der Waals surface area (Å²) in [6.07, 6.45) is 11.4. The van der Waals surface area contributed by atoms with Gasteiger partial charge >= 0.3 is 0 Å². The van der Waals surface area contributed by atoms with Crippen LogP contribution >= 0.6 is 12.4 Å². The Hall–Kier alpha value is 0.0500. The number of hydrogen-bond acceptors (Lipinski definition) is 6. The van der Waals surface area contributed by atoms with Gasteiger partial charge < -0.3 is 24.8 Å². The fourth-order valence-corrected chi connectivity index (χ4v) is 7.64. The highest BCUT2D eigenvalue weighted by molar-refractivity contribution is 5.85. The molecular formula is C26H48ClNO5. The first-order valence-electron chi connectivity index (χ1n) is 13.4. The van der Waals surface area contributed by atoms with E-state index in [0.29, 0.717) is 18.6 Å². The van der Waals surface area contributed by atoms with E-state index in [2.05, 4.69) is 11.8 Å². The van der Waals surface area contributed by atoms with Crippen LogP contribution in [0, 0.1) is 23.2 Å². The molecular weight excluding hydrogens is 442 g/mol. The largest absolute Gasteiger partial charge is 0.395 e. The summed E-state index contributed by atoms with van der Waals surface area (Å²) in [5.74, 6) is 2.95. The van der Waals surface area contributed by atoms with Crippen LogP contribution < -0.4 is 0 Å². The molecule has 5 fully saturated rings. The lowest BCUT2D eigenvalue weighted by Crippen LogP contribution is -2.63. The van der Waals surface area contributed by atoms with Crippen LogP contribution in [0.2, 0.25) is 0 Å². The smallest absolute Gasteiger partial charge is 0.109 e. The van der Waals surface area contributed by atoms with E-state index in [0.717, 1.165) is 69.6 Å². The monoisotopic (exact) mass is 489 g/mol. The Morgan fingerprint density at radius 1 is 0.909 bits per heavy atom. The van der Waals surface area contributed by atoms with Crippen LogP contribution in [0.15, 0.2) is 0 Å². The van der Waals surface area contributed by atoms with E-state index < -0.39 is 18.3 Å². The van der Waals surface area contributed by atoms with Crippen LogP contribution in [0.3, 0.4) is 0 Å². The Balaban J connectivity index is 0.00000306. The molecule has 4 atom stereocenters. The minimum absolute atomic E-state index is 0. The van der Waals surface area contributed by atoms with Gasteiger partial charge in [0, 0.05) is 19.8 Å². The van der Waals surface area contributed by atoms with Crippen molar-refractivity contribution in [1.82, 2.24) is 4.90 Å². The lowest BCUT2D eigenvalue weighted by molar-refractivity contribution is -0.167. The van der Waals surface area contributed by atoms with Gasteiger partial charge in [0.25, 0.3) is 0 Å². The Kier molecular flexibility index (Phi) is 10.8. The lowest BCUT2D eigenvalue weighted by atomic mass is 9.50. The van der Waals surface area contributed by atoms with Gasteiger partial charge in [0.2, 0.25) is 0 Å². The fraction of sp³-hybridized carbons (Fsp3) is 1.00. The molecule has 0 spiro atoms. The second-order valence-corrected chi connectivity index (χ2v) is 11.5. The van der Waals surface area contributed by atoms with Crippen LogP contribution in [-0.2, 0) is 9.47 Å². The number of unbranched alkanes of at least 4 members (excludes halogenated alkanes) is 3. The van der Waals surface area contributed by atoms with Crippen LogP contribution in [0.4, 0.5) is 0 Å². The highest BCUT2D eigenvalue weighted by Gasteiger charge is 2.50.